The van der Waals surface area contributed by atoms with E-state index >= 15 is 0 Å². The molecule has 90 heavy (non-hydrogen) atoms. The monoisotopic (exact) mass is 1250 g/mol. The highest BCUT2D eigenvalue weighted by atomic mass is 16.5. The molecule has 3 heterocycles. The Morgan fingerprint density at radius 3 is 1.76 bits per heavy atom. The summed E-state index contributed by atoms with van der Waals surface area (Å²) in [7, 11) is 5.53. The minimum atomic E-state index is -2.29. The standard InChI is InChI=1S/C65H86N8O17/c1-8-25-65(26-27-65)34-90-46-23-19-41(20-24-46)39-11-9-38(10-12-39)40-13-15-43(16-14-40)57(82)66-47-31-49(78)62(89-29-28-73(5,6)7)70-61(86)53-54(79)35(2)32-72(53)64(88)51(37(4)75)68-60(85)52(56(81)55(80)42-17-21-44(76)22-18-42)69-59(84)48-30-45(77)33-71(48)63(87)50(36(3)74)67-58(47)83/h9-24,35-37,45,47-56,62,74-75,77-81H,8,25-34H2,1-7H3,(H5-,66,67,68,69,70,76,82,83,84,85,86)/p+1/t35-,36+,37+,45+,47-,48-,49+,50-,51-,52-,53-,54-,55-,56-,62+/m0/s1. The van der Waals surface area contributed by atoms with Crippen LogP contribution in [0.25, 0.3) is 22.3 Å². The van der Waals surface area contributed by atoms with Crippen molar-refractivity contribution in [2.24, 2.45) is 11.3 Å². The maximum Gasteiger partial charge on any atom is 0.251 e. The number of carbonyl (C=O) groups excluding carboxylic acids is 7. The molecule has 0 bridgehead atoms. The van der Waals surface area contributed by atoms with Crippen LogP contribution in [0.4, 0.5) is 0 Å². The first-order chi connectivity index (χ1) is 42.6. The number of nitrogens with one attached hydrogen (secondary N) is 5. The number of aliphatic hydroxyl groups excluding tert-OH is 7. The van der Waals surface area contributed by atoms with Crippen molar-refractivity contribution in [1.29, 1.82) is 0 Å². The van der Waals surface area contributed by atoms with Gasteiger partial charge in [-0.15, -0.1) is 0 Å². The Hall–Kier alpha value is -7.59. The number of carbonyl (C=O) groups is 7. The minimum Gasteiger partial charge on any atom is -0.508 e. The summed E-state index contributed by atoms with van der Waals surface area (Å²) < 4.78 is 12.6. The molecule has 8 rings (SSSR count). The molecular weight excluding hydrogens is 1160 g/mol. The van der Waals surface area contributed by atoms with E-state index in [-0.39, 0.29) is 36.6 Å². The van der Waals surface area contributed by atoms with Gasteiger partial charge in [-0.2, -0.15) is 0 Å². The lowest BCUT2D eigenvalue weighted by atomic mass is 9.96. The maximum atomic E-state index is 14.8. The summed E-state index contributed by atoms with van der Waals surface area (Å²) in [6, 6.07) is 15.5. The zero-order valence-corrected chi connectivity index (χ0v) is 51.8. The third-order valence-corrected chi connectivity index (χ3v) is 17.3. The van der Waals surface area contributed by atoms with Gasteiger partial charge in [-0.05, 0) is 97.3 Å². The van der Waals surface area contributed by atoms with Crippen LogP contribution in [0, 0.1) is 11.3 Å². The molecular formula is C65H87N8O17+. The summed E-state index contributed by atoms with van der Waals surface area (Å²) in [4.78, 5) is 104. The molecule has 13 N–H and O–H groups in total. The SMILES string of the molecule is CCCC1(COc2ccc(-c3ccc(-c4ccc(C(=O)N[C@H]5C[C@@H](O)[C@@H](OCC[N+](C)(C)C)NC(=O)[C@@H]6[C@@H](O)[C@@H](C)CN6C(=O)[C@H]([C@@H](C)O)NC(=O)[C@H]([C@H](O)[C@@H](O)c6ccc(O)cc6)NC(=O)[C@@H]6C[C@@H](O)CN6C(=O)[C@H]([C@@H](C)O)NC5=O)cc4)cc3)cc2)CC1. The van der Waals surface area contributed by atoms with Gasteiger partial charge in [0.1, 0.15) is 72.6 Å². The average molecular weight is 1250 g/mol. The van der Waals surface area contributed by atoms with E-state index in [1.54, 1.807) is 12.1 Å². The van der Waals surface area contributed by atoms with E-state index in [9.17, 15) is 74.4 Å². The summed E-state index contributed by atoms with van der Waals surface area (Å²) >= 11 is 0. The number of quaternary nitrogens is 1. The lowest BCUT2D eigenvalue weighted by molar-refractivity contribution is -0.870. The van der Waals surface area contributed by atoms with Crippen LogP contribution in [0.5, 0.6) is 11.5 Å². The molecule has 3 aliphatic heterocycles. The summed E-state index contributed by atoms with van der Waals surface area (Å²) in [5.41, 5.74) is 3.80. The summed E-state index contributed by atoms with van der Waals surface area (Å²) in [5.74, 6) is -8.20. The molecule has 0 unspecified atom stereocenters. The molecule has 4 aliphatic rings. The number of hydrogen-bond donors (Lipinski definition) is 13. The topological polar surface area (TPSA) is 366 Å². The van der Waals surface area contributed by atoms with E-state index in [1.807, 2.05) is 69.7 Å². The van der Waals surface area contributed by atoms with Gasteiger partial charge >= 0.3 is 0 Å². The second-order valence-corrected chi connectivity index (χ2v) is 25.6. The lowest BCUT2D eigenvalue weighted by Crippen LogP contribution is -2.64. The number of aromatic hydroxyl groups is 1. The van der Waals surface area contributed by atoms with Gasteiger partial charge < -0.3 is 91.2 Å². The van der Waals surface area contributed by atoms with E-state index < -0.39 is 152 Å². The van der Waals surface area contributed by atoms with Crippen molar-refractivity contribution in [2.75, 3.05) is 54.0 Å². The number of phenols is 1. The Balaban J connectivity index is 1.11. The fourth-order valence-electron chi connectivity index (χ4n) is 11.7. The molecule has 7 amide bonds. The Kier molecular flexibility index (Phi) is 22.1. The van der Waals surface area contributed by atoms with Crippen molar-refractivity contribution < 1.29 is 88.4 Å². The van der Waals surface area contributed by atoms with Crippen LogP contribution in [0.15, 0.2) is 97.1 Å². The van der Waals surface area contributed by atoms with Crippen LogP contribution in [0.2, 0.25) is 0 Å². The second kappa shape index (κ2) is 29.1. The molecule has 25 nitrogen and oxygen atoms in total. The molecule has 25 heteroatoms. The van der Waals surface area contributed by atoms with Crippen LogP contribution < -0.4 is 31.3 Å². The number of likely N-dealkylation sites (N-methyl/N-ethyl adjacent to an activating group) is 1. The zero-order valence-electron chi connectivity index (χ0n) is 51.8. The summed E-state index contributed by atoms with van der Waals surface area (Å²) in [6.07, 6.45) is -11.1. The number of rotatable bonds is 18. The molecule has 1 saturated carbocycles. The maximum absolute atomic E-state index is 14.8. The van der Waals surface area contributed by atoms with E-state index in [1.165, 1.54) is 56.2 Å². The molecule has 4 fully saturated rings. The first-order valence-corrected chi connectivity index (χ1v) is 30.6. The van der Waals surface area contributed by atoms with Crippen molar-refractivity contribution >= 4 is 41.4 Å². The van der Waals surface area contributed by atoms with E-state index in [0.717, 1.165) is 64.5 Å². The summed E-state index contributed by atoms with van der Waals surface area (Å²) in [6.45, 7) is 5.93. The highest BCUT2D eigenvalue weighted by molar-refractivity contribution is 6.00. The molecule has 4 aromatic rings. The second-order valence-electron chi connectivity index (χ2n) is 25.6. The third-order valence-electron chi connectivity index (χ3n) is 17.3. The van der Waals surface area contributed by atoms with E-state index in [0.29, 0.717) is 16.5 Å². The first kappa shape index (κ1) is 68.3. The smallest absolute Gasteiger partial charge is 0.251 e. The third kappa shape index (κ3) is 16.7. The van der Waals surface area contributed by atoms with Crippen molar-refractivity contribution in [3.05, 3.63) is 108 Å². The molecule has 3 saturated heterocycles. The van der Waals surface area contributed by atoms with Crippen molar-refractivity contribution in [3.8, 4) is 33.8 Å². The number of phenolic OH excluding ortho intramolecular Hbond substituents is 1. The Morgan fingerprint density at radius 1 is 0.678 bits per heavy atom. The van der Waals surface area contributed by atoms with Crippen LogP contribution in [0.3, 0.4) is 0 Å². The van der Waals surface area contributed by atoms with Crippen LogP contribution in [-0.4, -0.2) is 230 Å². The fraction of sp³-hybridized carbons (Fsp3) is 0.523. The molecule has 1 aliphatic carbocycles. The zero-order chi connectivity index (χ0) is 65.5. The predicted octanol–water partition coefficient (Wildman–Crippen LogP) is 0.194. The van der Waals surface area contributed by atoms with Crippen LogP contribution >= 0.6 is 0 Å². The summed E-state index contributed by atoms with van der Waals surface area (Å²) in [5, 5.41) is 103. The number of hydrogen-bond acceptors (Lipinski definition) is 17. The van der Waals surface area contributed by atoms with Gasteiger partial charge in [-0.1, -0.05) is 80.9 Å². The fourth-order valence-corrected chi connectivity index (χ4v) is 11.7. The Morgan fingerprint density at radius 2 is 1.21 bits per heavy atom. The van der Waals surface area contributed by atoms with Crippen molar-refractivity contribution in [3.63, 3.8) is 0 Å². The van der Waals surface area contributed by atoms with Gasteiger partial charge in [0.05, 0.1) is 58.8 Å². The predicted molar refractivity (Wildman–Crippen MR) is 327 cm³/mol. The number of benzene rings is 4. The molecule has 15 atom stereocenters. The molecule has 0 aromatic heterocycles. The number of aliphatic hydroxyl groups is 7. The van der Waals surface area contributed by atoms with Gasteiger partial charge in [0.15, 0.2) is 6.23 Å². The van der Waals surface area contributed by atoms with Gasteiger partial charge in [0.25, 0.3) is 5.91 Å². The first-order valence-electron chi connectivity index (χ1n) is 30.6. The van der Waals surface area contributed by atoms with Gasteiger partial charge in [-0.3, -0.25) is 33.6 Å². The minimum absolute atomic E-state index is 0.0494. The number of ether oxygens (including phenoxy) is 2. The normalized spacial score (nSPS) is 27.6. The van der Waals surface area contributed by atoms with Crippen LogP contribution in [0.1, 0.15) is 88.2 Å². The number of amides is 7. The molecule has 488 valence electrons. The van der Waals surface area contributed by atoms with Gasteiger partial charge in [0, 0.05) is 42.8 Å². The van der Waals surface area contributed by atoms with Gasteiger partial charge in [-0.25, -0.2) is 0 Å². The van der Waals surface area contributed by atoms with E-state index in [4.69, 9.17) is 9.47 Å². The number of fused-ring (bicyclic) bond motifs is 2. The van der Waals surface area contributed by atoms with Crippen molar-refractivity contribution in [2.45, 2.75) is 151 Å². The molecule has 0 spiro atoms. The quantitative estimate of drug-likeness (QED) is 0.0592. The van der Waals surface area contributed by atoms with Gasteiger partial charge in [0.2, 0.25) is 35.4 Å². The largest absolute Gasteiger partial charge is 0.508 e. The Bertz CT molecular complexity index is 3160. The highest BCUT2D eigenvalue weighted by Gasteiger charge is 2.51. The number of nitrogens with zero attached hydrogens (tertiary/aromatic N) is 3. The highest BCUT2D eigenvalue weighted by Crippen LogP contribution is 2.50. The van der Waals surface area contributed by atoms with E-state index in [2.05, 4.69) is 33.5 Å². The average Bonchev–Trinajstić information content (AvgIpc) is 2.96. The lowest BCUT2D eigenvalue weighted by Gasteiger charge is -2.34. The Labute approximate surface area is 522 Å². The van der Waals surface area contributed by atoms with Crippen LogP contribution in [-0.2, 0) is 33.5 Å². The van der Waals surface area contributed by atoms with Crippen molar-refractivity contribution in [1.82, 2.24) is 36.4 Å². The molecule has 0 radical (unpaired) electrons. The molecule has 4 aromatic carbocycles.